The predicted molar refractivity (Wildman–Crippen MR) is 196 cm³/mol. The van der Waals surface area contributed by atoms with Crippen LogP contribution in [0.2, 0.25) is 0 Å². The van der Waals surface area contributed by atoms with Crippen molar-refractivity contribution >= 4 is 17.9 Å². The summed E-state index contributed by atoms with van der Waals surface area (Å²) in [6, 6.07) is 0. The van der Waals surface area contributed by atoms with E-state index < -0.39 is 6.10 Å². The van der Waals surface area contributed by atoms with Gasteiger partial charge in [0.25, 0.3) is 0 Å². The van der Waals surface area contributed by atoms with Crippen LogP contribution in [0.3, 0.4) is 0 Å². The van der Waals surface area contributed by atoms with Crippen molar-refractivity contribution in [2.45, 2.75) is 226 Å². The lowest BCUT2D eigenvalue weighted by atomic mass is 10.00. The van der Waals surface area contributed by atoms with E-state index in [1.165, 1.54) is 109 Å². The summed E-state index contributed by atoms with van der Waals surface area (Å²) in [6.45, 7) is 8.86. The second-order valence-corrected chi connectivity index (χ2v) is 14.2. The highest BCUT2D eigenvalue weighted by Gasteiger charge is 2.19. The van der Waals surface area contributed by atoms with Gasteiger partial charge in [-0.2, -0.15) is 0 Å². The Bertz CT molecular complexity index is 708. The van der Waals surface area contributed by atoms with Gasteiger partial charge in [-0.25, -0.2) is 0 Å². The number of esters is 3. The summed E-state index contributed by atoms with van der Waals surface area (Å²) in [5.41, 5.74) is 0. The largest absolute Gasteiger partial charge is 0.462 e. The fourth-order valence-corrected chi connectivity index (χ4v) is 5.89. The van der Waals surface area contributed by atoms with Crippen molar-refractivity contribution in [2.75, 3.05) is 13.2 Å². The van der Waals surface area contributed by atoms with Crippen LogP contribution in [0.25, 0.3) is 0 Å². The topological polar surface area (TPSA) is 78.9 Å². The summed E-state index contributed by atoms with van der Waals surface area (Å²) in [5.74, 6) is -0.0679. The lowest BCUT2D eigenvalue weighted by Crippen LogP contribution is -2.30. The van der Waals surface area contributed by atoms with Crippen molar-refractivity contribution in [1.29, 1.82) is 0 Å². The number of hydrogen-bond acceptors (Lipinski definition) is 6. The summed E-state index contributed by atoms with van der Waals surface area (Å²) < 4.78 is 16.5. The third-order valence-electron chi connectivity index (χ3n) is 9.40. The second kappa shape index (κ2) is 35.7. The zero-order chi connectivity index (χ0) is 34.6. The molecule has 0 aliphatic rings. The Morgan fingerprint density at radius 2 is 0.745 bits per heavy atom. The molecule has 0 amide bonds. The average molecular weight is 667 g/mol. The van der Waals surface area contributed by atoms with Crippen molar-refractivity contribution < 1.29 is 28.6 Å². The van der Waals surface area contributed by atoms with Crippen LogP contribution in [0.4, 0.5) is 0 Å². The first-order valence-electron chi connectivity index (χ1n) is 20.4. The Morgan fingerprint density at radius 3 is 1.11 bits per heavy atom. The van der Waals surface area contributed by atoms with E-state index in [-0.39, 0.29) is 31.1 Å². The fraction of sp³-hybridized carbons (Fsp3) is 0.927. The molecule has 0 saturated heterocycles. The highest BCUT2D eigenvalue weighted by atomic mass is 16.6. The quantitative estimate of drug-likeness (QED) is 0.0376. The first-order chi connectivity index (χ1) is 22.9. The molecular weight excluding hydrogens is 588 g/mol. The Hall–Kier alpha value is -1.59. The number of ether oxygens (including phenoxy) is 3. The molecule has 0 aliphatic carbocycles. The van der Waals surface area contributed by atoms with E-state index in [2.05, 4.69) is 27.7 Å². The molecule has 0 saturated carbocycles. The normalized spacial score (nSPS) is 12.5. The maximum atomic E-state index is 12.6. The van der Waals surface area contributed by atoms with Gasteiger partial charge in [0.05, 0.1) is 0 Å². The minimum absolute atomic E-state index is 0.0663. The molecule has 6 heteroatoms. The van der Waals surface area contributed by atoms with Crippen molar-refractivity contribution in [2.24, 2.45) is 5.92 Å². The molecule has 0 aliphatic heterocycles. The minimum Gasteiger partial charge on any atom is -0.462 e. The molecule has 0 aromatic carbocycles. The lowest BCUT2D eigenvalue weighted by Gasteiger charge is -2.18. The molecule has 47 heavy (non-hydrogen) atoms. The van der Waals surface area contributed by atoms with Crippen LogP contribution >= 0.6 is 0 Å². The monoisotopic (exact) mass is 667 g/mol. The molecule has 0 radical (unpaired) electrons. The molecule has 278 valence electrons. The van der Waals surface area contributed by atoms with Gasteiger partial charge in [-0.15, -0.1) is 0 Å². The third-order valence-corrected chi connectivity index (χ3v) is 9.40. The van der Waals surface area contributed by atoms with Crippen LogP contribution in [0.5, 0.6) is 0 Å². The van der Waals surface area contributed by atoms with Gasteiger partial charge in [-0.3, -0.25) is 14.4 Å². The number of rotatable bonds is 36. The molecule has 6 nitrogen and oxygen atoms in total. The van der Waals surface area contributed by atoms with Gasteiger partial charge in [0.2, 0.25) is 0 Å². The van der Waals surface area contributed by atoms with Crippen molar-refractivity contribution in [1.82, 2.24) is 0 Å². The van der Waals surface area contributed by atoms with Gasteiger partial charge >= 0.3 is 17.9 Å². The van der Waals surface area contributed by atoms with Crippen molar-refractivity contribution in [3.05, 3.63) is 0 Å². The molecule has 2 atom stereocenters. The summed E-state index contributed by atoms with van der Waals surface area (Å²) >= 11 is 0. The van der Waals surface area contributed by atoms with Crippen LogP contribution in [-0.4, -0.2) is 37.2 Å². The molecule has 0 spiro atoms. The van der Waals surface area contributed by atoms with Crippen LogP contribution < -0.4 is 0 Å². The van der Waals surface area contributed by atoms with E-state index >= 15 is 0 Å². The van der Waals surface area contributed by atoms with Gasteiger partial charge in [0.1, 0.15) is 13.2 Å². The highest BCUT2D eigenvalue weighted by Crippen LogP contribution is 2.16. The first-order valence-corrected chi connectivity index (χ1v) is 20.4. The summed E-state index contributed by atoms with van der Waals surface area (Å²) in [6.07, 6.45) is 32.6. The Balaban J connectivity index is 4.23. The SMILES string of the molecule is CCCCCCCCCCCCCCCCC(=O)OC[C@@H](COC(=O)CCCCCCC)OC(=O)CCCCCCCCC(C)CC. The first kappa shape index (κ1) is 45.4. The van der Waals surface area contributed by atoms with E-state index in [0.29, 0.717) is 19.3 Å². The van der Waals surface area contributed by atoms with E-state index in [0.717, 1.165) is 70.1 Å². The Labute approximate surface area is 291 Å². The summed E-state index contributed by atoms with van der Waals surface area (Å²) in [4.78, 5) is 37.3. The van der Waals surface area contributed by atoms with Gasteiger partial charge < -0.3 is 14.2 Å². The highest BCUT2D eigenvalue weighted by molar-refractivity contribution is 5.71. The standard InChI is InChI=1S/C41H78O6/c1-5-8-10-12-13-14-15-16-17-18-19-20-25-29-33-40(43)46-36-38(35-45-39(42)32-28-23-11-9-6-2)47-41(44)34-30-26-22-21-24-27-31-37(4)7-3/h37-38H,5-36H2,1-4H3/t37?,38-/m1/s1. The molecule has 0 rings (SSSR count). The van der Waals surface area contributed by atoms with Gasteiger partial charge in [0, 0.05) is 19.3 Å². The zero-order valence-electron chi connectivity index (χ0n) is 31.7. The van der Waals surface area contributed by atoms with E-state index in [1.807, 2.05) is 0 Å². The Morgan fingerprint density at radius 1 is 0.426 bits per heavy atom. The molecule has 0 heterocycles. The number of hydrogen-bond donors (Lipinski definition) is 0. The number of unbranched alkanes of at least 4 members (excludes halogenated alkanes) is 22. The van der Waals surface area contributed by atoms with Gasteiger partial charge in [0.15, 0.2) is 6.10 Å². The second-order valence-electron chi connectivity index (χ2n) is 14.2. The number of carbonyl (C=O) groups excluding carboxylic acids is 3. The minimum atomic E-state index is -0.757. The van der Waals surface area contributed by atoms with E-state index in [9.17, 15) is 14.4 Å². The van der Waals surface area contributed by atoms with E-state index in [1.54, 1.807) is 0 Å². The van der Waals surface area contributed by atoms with Crippen molar-refractivity contribution in [3.63, 3.8) is 0 Å². The lowest BCUT2D eigenvalue weighted by molar-refractivity contribution is -0.167. The van der Waals surface area contributed by atoms with Gasteiger partial charge in [-0.1, -0.05) is 182 Å². The summed E-state index contributed by atoms with van der Waals surface area (Å²) in [5, 5.41) is 0. The van der Waals surface area contributed by atoms with Crippen LogP contribution in [-0.2, 0) is 28.6 Å². The molecule has 0 N–H and O–H groups in total. The van der Waals surface area contributed by atoms with Crippen molar-refractivity contribution in [3.8, 4) is 0 Å². The smallest absolute Gasteiger partial charge is 0.306 e. The molecular formula is C41H78O6. The molecule has 1 unspecified atom stereocenters. The number of carbonyl (C=O) groups is 3. The van der Waals surface area contributed by atoms with Crippen LogP contribution in [0.15, 0.2) is 0 Å². The maximum Gasteiger partial charge on any atom is 0.306 e. The maximum absolute atomic E-state index is 12.6. The molecule has 0 aromatic heterocycles. The van der Waals surface area contributed by atoms with Gasteiger partial charge in [-0.05, 0) is 25.2 Å². The summed E-state index contributed by atoms with van der Waals surface area (Å²) in [7, 11) is 0. The van der Waals surface area contributed by atoms with Crippen LogP contribution in [0, 0.1) is 5.92 Å². The third kappa shape index (κ3) is 34.1. The van der Waals surface area contributed by atoms with Crippen LogP contribution in [0.1, 0.15) is 220 Å². The zero-order valence-corrected chi connectivity index (χ0v) is 31.7. The van der Waals surface area contributed by atoms with E-state index in [4.69, 9.17) is 14.2 Å². The molecule has 0 fully saturated rings. The molecule has 0 bridgehead atoms. The molecule has 0 aromatic rings. The average Bonchev–Trinajstić information content (AvgIpc) is 3.06. The Kier molecular flexibility index (Phi) is 34.5. The predicted octanol–water partition coefficient (Wildman–Crippen LogP) is 12.4. The fourth-order valence-electron chi connectivity index (χ4n) is 5.89.